The highest BCUT2D eigenvalue weighted by molar-refractivity contribution is 6.40. The molecule has 7 nitrogen and oxygen atoms in total. The Hall–Kier alpha value is -2.41. The second-order valence-electron chi connectivity index (χ2n) is 6.76. The molecule has 1 aromatic rings. The van der Waals surface area contributed by atoms with Crippen LogP contribution in [-0.4, -0.2) is 53.8 Å². The third-order valence-corrected chi connectivity index (χ3v) is 5.25. The van der Waals surface area contributed by atoms with Crippen LogP contribution in [0.3, 0.4) is 0 Å². The average molecular weight is 342 g/mol. The van der Waals surface area contributed by atoms with Crippen LogP contribution in [-0.2, 0) is 14.3 Å². The van der Waals surface area contributed by atoms with E-state index in [0.717, 1.165) is 24.9 Å². The van der Waals surface area contributed by atoms with Gasteiger partial charge in [-0.1, -0.05) is 18.2 Å². The summed E-state index contributed by atoms with van der Waals surface area (Å²) < 4.78 is 5.78. The molecule has 0 bridgehead atoms. The van der Waals surface area contributed by atoms with Crippen molar-refractivity contribution in [2.45, 2.75) is 43.9 Å². The first kappa shape index (κ1) is 16.1. The molecule has 2 heterocycles. The number of carbonyl (C=O) groups is 2. The third kappa shape index (κ3) is 2.89. The van der Waals surface area contributed by atoms with Crippen LogP contribution >= 0.6 is 0 Å². The lowest BCUT2D eigenvalue weighted by atomic mass is 10.1. The smallest absolute Gasteiger partial charge is 0.270 e. The molecule has 2 amide bonds. The van der Waals surface area contributed by atoms with E-state index in [9.17, 15) is 9.59 Å². The fraction of sp³-hybridized carbons (Fsp3) is 0.500. The molecule has 2 aliphatic heterocycles. The molecular formula is C18H22N4O3. The lowest BCUT2D eigenvalue weighted by molar-refractivity contribution is -0.136. The first-order chi connectivity index (χ1) is 12.1. The molecule has 0 unspecified atom stereocenters. The maximum Gasteiger partial charge on any atom is 0.270 e. The molecule has 2 N–H and O–H groups in total. The molecule has 0 spiro atoms. The van der Waals surface area contributed by atoms with Crippen LogP contribution in [0.1, 0.15) is 25.7 Å². The van der Waals surface area contributed by atoms with E-state index in [0.29, 0.717) is 18.9 Å². The molecule has 2 fully saturated rings. The Morgan fingerprint density at radius 1 is 1.20 bits per heavy atom. The summed E-state index contributed by atoms with van der Waals surface area (Å²) in [7, 11) is 0. The number of para-hydroxylation sites is 1. The normalized spacial score (nSPS) is 28.6. The number of fused-ring (bicyclic) bond motifs is 1. The van der Waals surface area contributed by atoms with E-state index in [1.807, 2.05) is 35.2 Å². The minimum atomic E-state index is -0.623. The van der Waals surface area contributed by atoms with Crippen LogP contribution in [0, 0.1) is 0 Å². The topological polar surface area (TPSA) is 88.2 Å². The van der Waals surface area contributed by atoms with Gasteiger partial charge in [0, 0.05) is 13.0 Å². The van der Waals surface area contributed by atoms with Gasteiger partial charge in [0.1, 0.15) is 11.8 Å². The number of nitrogens with zero attached hydrogens (tertiary/aromatic N) is 3. The van der Waals surface area contributed by atoms with Crippen LogP contribution < -0.4 is 10.7 Å². The zero-order valence-corrected chi connectivity index (χ0v) is 14.0. The van der Waals surface area contributed by atoms with E-state index < -0.39 is 11.9 Å². The number of hydrogen-bond acceptors (Lipinski definition) is 5. The second-order valence-corrected chi connectivity index (χ2v) is 6.76. The molecule has 1 aromatic carbocycles. The molecule has 25 heavy (non-hydrogen) atoms. The molecule has 3 aliphatic rings. The highest BCUT2D eigenvalue weighted by atomic mass is 16.5. The van der Waals surface area contributed by atoms with Crippen molar-refractivity contribution >= 4 is 23.2 Å². The van der Waals surface area contributed by atoms with E-state index in [1.54, 1.807) is 5.01 Å². The van der Waals surface area contributed by atoms with Crippen molar-refractivity contribution < 1.29 is 14.3 Å². The molecule has 132 valence electrons. The third-order valence-electron chi connectivity index (χ3n) is 5.25. The fourth-order valence-electron chi connectivity index (χ4n) is 4.02. The quantitative estimate of drug-likeness (QED) is 0.883. The maximum absolute atomic E-state index is 13.0. The van der Waals surface area contributed by atoms with Crippen molar-refractivity contribution in [3.05, 3.63) is 30.3 Å². The largest absolute Gasteiger partial charge is 0.374 e. The van der Waals surface area contributed by atoms with Gasteiger partial charge in [-0.25, -0.2) is 0 Å². The lowest BCUT2D eigenvalue weighted by Gasteiger charge is -2.37. The Morgan fingerprint density at radius 2 is 2.00 bits per heavy atom. The minimum absolute atomic E-state index is 0.0927. The molecule has 3 atom stereocenters. The maximum atomic E-state index is 13.0. The van der Waals surface area contributed by atoms with Crippen molar-refractivity contribution in [2.24, 2.45) is 10.8 Å². The van der Waals surface area contributed by atoms with Gasteiger partial charge >= 0.3 is 0 Å². The van der Waals surface area contributed by atoms with Gasteiger partial charge in [-0.05, 0) is 31.4 Å². The molecule has 4 rings (SSSR count). The number of morpholine rings is 1. The standard InChI is InChI=1S/C18H22N4O3/c19-17(23)15-11-13(20-22(15)12-5-2-1-3-6-12)18(24)21-9-10-25-16-8-4-7-14(16)21/h1-3,5-6,14-16H,4,7-11H2,(H2,19,23)/t14-,15-,16+/m0/s1. The number of amides is 2. The van der Waals surface area contributed by atoms with Crippen LogP contribution in [0.5, 0.6) is 0 Å². The van der Waals surface area contributed by atoms with Crippen molar-refractivity contribution in [1.82, 2.24) is 4.90 Å². The van der Waals surface area contributed by atoms with Crippen LogP contribution in [0.4, 0.5) is 5.69 Å². The van der Waals surface area contributed by atoms with E-state index in [4.69, 9.17) is 10.5 Å². The number of nitrogens with two attached hydrogens (primary N) is 1. The highest BCUT2D eigenvalue weighted by Crippen LogP contribution is 2.31. The number of carbonyl (C=O) groups excluding carboxylic acids is 2. The molecule has 1 saturated carbocycles. The Bertz CT molecular complexity index is 706. The Morgan fingerprint density at radius 3 is 2.76 bits per heavy atom. The molecular weight excluding hydrogens is 320 g/mol. The Balaban J connectivity index is 1.59. The van der Waals surface area contributed by atoms with Crippen molar-refractivity contribution in [1.29, 1.82) is 0 Å². The number of rotatable bonds is 3. The molecule has 0 radical (unpaired) electrons. The summed E-state index contributed by atoms with van der Waals surface area (Å²) in [5.41, 5.74) is 6.72. The van der Waals surface area contributed by atoms with Gasteiger partial charge in [0.25, 0.3) is 5.91 Å². The van der Waals surface area contributed by atoms with E-state index >= 15 is 0 Å². The van der Waals surface area contributed by atoms with Crippen molar-refractivity contribution in [2.75, 3.05) is 18.2 Å². The van der Waals surface area contributed by atoms with Gasteiger partial charge in [0.05, 0.1) is 24.4 Å². The SMILES string of the molecule is NC(=O)[C@@H]1CC(C(=O)N2CCO[C@@H]3CCC[C@@H]32)=NN1c1ccccc1. The number of benzene rings is 1. The van der Waals surface area contributed by atoms with Crippen LogP contribution in [0.15, 0.2) is 35.4 Å². The minimum Gasteiger partial charge on any atom is -0.374 e. The zero-order chi connectivity index (χ0) is 17.4. The van der Waals surface area contributed by atoms with Gasteiger partial charge in [-0.15, -0.1) is 0 Å². The van der Waals surface area contributed by atoms with Gasteiger partial charge in [0.15, 0.2) is 0 Å². The van der Waals surface area contributed by atoms with Crippen LogP contribution in [0.2, 0.25) is 0 Å². The number of hydrazone groups is 1. The molecule has 1 aliphatic carbocycles. The first-order valence-electron chi connectivity index (χ1n) is 8.79. The molecule has 1 saturated heterocycles. The van der Waals surface area contributed by atoms with Gasteiger partial charge in [-0.3, -0.25) is 14.6 Å². The number of anilines is 1. The van der Waals surface area contributed by atoms with Crippen LogP contribution in [0.25, 0.3) is 0 Å². The summed E-state index contributed by atoms with van der Waals surface area (Å²) in [6.07, 6.45) is 3.42. The van der Waals surface area contributed by atoms with Crippen molar-refractivity contribution in [3.63, 3.8) is 0 Å². The molecule has 0 aromatic heterocycles. The molecule has 7 heteroatoms. The fourth-order valence-corrected chi connectivity index (χ4v) is 4.02. The lowest BCUT2D eigenvalue weighted by Crippen LogP contribution is -2.53. The summed E-state index contributed by atoms with van der Waals surface area (Å²) in [5, 5.41) is 6.04. The van der Waals surface area contributed by atoms with Crippen molar-refractivity contribution in [3.8, 4) is 0 Å². The number of hydrogen-bond donors (Lipinski definition) is 1. The summed E-state index contributed by atoms with van der Waals surface area (Å²) in [6, 6.07) is 8.84. The second kappa shape index (κ2) is 6.48. The van der Waals surface area contributed by atoms with E-state index in [2.05, 4.69) is 5.10 Å². The van der Waals surface area contributed by atoms with E-state index in [1.165, 1.54) is 0 Å². The van der Waals surface area contributed by atoms with E-state index in [-0.39, 0.29) is 24.5 Å². The summed E-state index contributed by atoms with van der Waals surface area (Å²) >= 11 is 0. The highest BCUT2D eigenvalue weighted by Gasteiger charge is 2.42. The summed E-state index contributed by atoms with van der Waals surface area (Å²) in [6.45, 7) is 1.13. The Labute approximate surface area is 146 Å². The predicted molar refractivity (Wildman–Crippen MR) is 93.0 cm³/mol. The predicted octanol–water partition coefficient (Wildman–Crippen LogP) is 0.887. The summed E-state index contributed by atoms with van der Waals surface area (Å²) in [4.78, 5) is 26.8. The number of primary amides is 1. The number of ether oxygens (including phenoxy) is 1. The summed E-state index contributed by atoms with van der Waals surface area (Å²) in [5.74, 6) is -0.569. The first-order valence-corrected chi connectivity index (χ1v) is 8.79. The van der Waals surface area contributed by atoms with Gasteiger partial charge in [0.2, 0.25) is 5.91 Å². The monoisotopic (exact) mass is 342 g/mol. The van der Waals surface area contributed by atoms with Gasteiger partial charge in [-0.2, -0.15) is 5.10 Å². The van der Waals surface area contributed by atoms with Gasteiger partial charge < -0.3 is 15.4 Å². The average Bonchev–Trinajstić information content (AvgIpc) is 3.28. The zero-order valence-electron chi connectivity index (χ0n) is 14.0. The Kier molecular flexibility index (Phi) is 4.17.